The normalized spacial score (nSPS) is 17.6. The summed E-state index contributed by atoms with van der Waals surface area (Å²) < 4.78 is 1.98. The number of fused-ring (bicyclic) bond motifs is 2. The molecule has 0 spiro atoms. The van der Waals surface area contributed by atoms with Crippen molar-refractivity contribution in [3.63, 3.8) is 0 Å². The summed E-state index contributed by atoms with van der Waals surface area (Å²) in [6.45, 7) is 4.23. The molecular weight excluding hydrogens is 252 g/mol. The quantitative estimate of drug-likeness (QED) is 0.910. The standard InChI is InChI=1S/C16H18N2O2/c1-9(2)8-11-14-13(16(20)17-11)15(19)10-6-4-5-7-12(10)18(14)3/h4-7,9,11H,8H2,1-3H3,(H,17,20). The van der Waals surface area contributed by atoms with E-state index in [9.17, 15) is 9.59 Å². The molecule has 104 valence electrons. The maximum absolute atomic E-state index is 12.5. The van der Waals surface area contributed by atoms with Gasteiger partial charge in [-0.3, -0.25) is 9.59 Å². The van der Waals surface area contributed by atoms with Crippen LogP contribution < -0.4 is 10.7 Å². The number of rotatable bonds is 2. The summed E-state index contributed by atoms with van der Waals surface area (Å²) in [5.41, 5.74) is 1.86. The van der Waals surface area contributed by atoms with E-state index in [1.807, 2.05) is 29.8 Å². The number of amides is 1. The van der Waals surface area contributed by atoms with Gasteiger partial charge in [0.1, 0.15) is 5.56 Å². The Bertz CT molecular complexity index is 759. The van der Waals surface area contributed by atoms with E-state index >= 15 is 0 Å². The molecule has 0 fully saturated rings. The van der Waals surface area contributed by atoms with E-state index in [0.29, 0.717) is 16.9 Å². The van der Waals surface area contributed by atoms with Crippen molar-refractivity contribution in [2.75, 3.05) is 0 Å². The lowest BCUT2D eigenvalue weighted by Gasteiger charge is -2.18. The molecule has 4 heteroatoms. The molecule has 0 aliphatic carbocycles. The Morgan fingerprint density at radius 1 is 1.25 bits per heavy atom. The van der Waals surface area contributed by atoms with Gasteiger partial charge in [0.05, 0.1) is 17.3 Å². The number of hydrogen-bond donors (Lipinski definition) is 1. The zero-order chi connectivity index (χ0) is 14.4. The van der Waals surface area contributed by atoms with Gasteiger partial charge in [0.15, 0.2) is 0 Å². The third-order valence-electron chi connectivity index (χ3n) is 3.92. The van der Waals surface area contributed by atoms with Crippen LogP contribution in [0, 0.1) is 5.92 Å². The van der Waals surface area contributed by atoms with Crippen molar-refractivity contribution in [3.05, 3.63) is 45.7 Å². The Labute approximate surface area is 117 Å². The van der Waals surface area contributed by atoms with Crippen molar-refractivity contribution in [3.8, 4) is 0 Å². The van der Waals surface area contributed by atoms with Gasteiger partial charge in [0.2, 0.25) is 5.43 Å². The van der Waals surface area contributed by atoms with Gasteiger partial charge in [-0.1, -0.05) is 26.0 Å². The van der Waals surface area contributed by atoms with E-state index in [0.717, 1.165) is 17.6 Å². The second kappa shape index (κ2) is 4.47. The number of aromatic nitrogens is 1. The lowest BCUT2D eigenvalue weighted by molar-refractivity contribution is 0.0952. The predicted molar refractivity (Wildman–Crippen MR) is 78.9 cm³/mol. The zero-order valence-electron chi connectivity index (χ0n) is 11.9. The van der Waals surface area contributed by atoms with Crippen LogP contribution in [0.3, 0.4) is 0 Å². The van der Waals surface area contributed by atoms with Gasteiger partial charge in [-0.15, -0.1) is 0 Å². The van der Waals surface area contributed by atoms with E-state index in [1.165, 1.54) is 0 Å². The van der Waals surface area contributed by atoms with Crippen molar-refractivity contribution in [2.24, 2.45) is 13.0 Å². The van der Waals surface area contributed by atoms with Crippen molar-refractivity contribution in [1.29, 1.82) is 0 Å². The van der Waals surface area contributed by atoms with E-state index < -0.39 is 0 Å². The van der Waals surface area contributed by atoms with Gasteiger partial charge in [-0.2, -0.15) is 0 Å². The summed E-state index contributed by atoms with van der Waals surface area (Å²) in [6.07, 6.45) is 0.838. The molecule has 1 N–H and O–H groups in total. The molecule has 1 aromatic carbocycles. The molecule has 0 bridgehead atoms. The van der Waals surface area contributed by atoms with Crippen molar-refractivity contribution >= 4 is 16.8 Å². The predicted octanol–water partition coefficient (Wildman–Crippen LogP) is 2.37. The number of hydrogen-bond acceptors (Lipinski definition) is 2. The highest BCUT2D eigenvalue weighted by Gasteiger charge is 2.34. The molecule has 20 heavy (non-hydrogen) atoms. The SMILES string of the molecule is CC(C)CC1NC(=O)c2c1n(C)c1ccccc1c2=O. The van der Waals surface area contributed by atoms with Crippen LogP contribution in [0.1, 0.15) is 42.4 Å². The molecule has 1 atom stereocenters. The average Bonchev–Trinajstić information content (AvgIpc) is 2.72. The second-order valence-corrected chi connectivity index (χ2v) is 5.82. The minimum absolute atomic E-state index is 0.0696. The number of para-hydroxylation sites is 1. The van der Waals surface area contributed by atoms with Gasteiger partial charge in [0, 0.05) is 12.4 Å². The second-order valence-electron chi connectivity index (χ2n) is 5.82. The number of carbonyl (C=O) groups is 1. The Hall–Kier alpha value is -2.10. The van der Waals surface area contributed by atoms with Crippen molar-refractivity contribution < 1.29 is 4.79 Å². The number of aryl methyl sites for hydroxylation is 1. The molecule has 1 unspecified atom stereocenters. The van der Waals surface area contributed by atoms with Crippen LogP contribution in [0.4, 0.5) is 0 Å². The first-order chi connectivity index (χ1) is 9.50. The molecule has 0 saturated carbocycles. The molecule has 0 radical (unpaired) electrons. The van der Waals surface area contributed by atoms with Gasteiger partial charge in [-0.05, 0) is 24.5 Å². The number of pyridine rings is 1. The Kier molecular flexibility index (Phi) is 2.89. The van der Waals surface area contributed by atoms with Crippen molar-refractivity contribution in [2.45, 2.75) is 26.3 Å². The number of benzene rings is 1. The number of carbonyl (C=O) groups excluding carboxylic acids is 1. The molecule has 1 aliphatic rings. The molecule has 1 aliphatic heterocycles. The minimum Gasteiger partial charge on any atom is -0.345 e. The largest absolute Gasteiger partial charge is 0.345 e. The Morgan fingerprint density at radius 3 is 2.65 bits per heavy atom. The van der Waals surface area contributed by atoms with Crippen LogP contribution in [-0.4, -0.2) is 10.5 Å². The third-order valence-corrected chi connectivity index (χ3v) is 3.92. The molecular formula is C16H18N2O2. The lowest BCUT2D eigenvalue weighted by Crippen LogP contribution is -2.22. The summed E-state index contributed by atoms with van der Waals surface area (Å²) in [4.78, 5) is 24.7. The summed E-state index contributed by atoms with van der Waals surface area (Å²) >= 11 is 0. The number of nitrogens with one attached hydrogen (secondary N) is 1. The van der Waals surface area contributed by atoms with Crippen LogP contribution in [0.15, 0.2) is 29.1 Å². The molecule has 2 heterocycles. The van der Waals surface area contributed by atoms with Gasteiger partial charge >= 0.3 is 0 Å². The smallest absolute Gasteiger partial charge is 0.257 e. The maximum Gasteiger partial charge on any atom is 0.257 e. The van der Waals surface area contributed by atoms with Crippen LogP contribution in [0.5, 0.6) is 0 Å². The fraction of sp³-hybridized carbons (Fsp3) is 0.375. The maximum atomic E-state index is 12.5. The van der Waals surface area contributed by atoms with Crippen LogP contribution in [-0.2, 0) is 7.05 Å². The summed E-state index contributed by atoms with van der Waals surface area (Å²) in [5.74, 6) is 0.213. The lowest BCUT2D eigenvalue weighted by atomic mass is 9.99. The fourth-order valence-electron chi connectivity index (χ4n) is 3.07. The highest BCUT2D eigenvalue weighted by atomic mass is 16.2. The molecule has 1 aromatic heterocycles. The molecule has 2 aromatic rings. The first-order valence-electron chi connectivity index (χ1n) is 6.93. The minimum atomic E-state index is -0.239. The van der Waals surface area contributed by atoms with E-state index in [1.54, 1.807) is 6.07 Å². The van der Waals surface area contributed by atoms with Crippen LogP contribution >= 0.6 is 0 Å². The zero-order valence-corrected chi connectivity index (χ0v) is 11.9. The highest BCUT2D eigenvalue weighted by Crippen LogP contribution is 2.30. The van der Waals surface area contributed by atoms with Gasteiger partial charge in [-0.25, -0.2) is 0 Å². The molecule has 1 amide bonds. The summed E-state index contributed by atoms with van der Waals surface area (Å²) in [5, 5.41) is 3.55. The van der Waals surface area contributed by atoms with Gasteiger partial charge < -0.3 is 9.88 Å². The Balaban J connectivity index is 2.34. The summed E-state index contributed by atoms with van der Waals surface area (Å²) in [6, 6.07) is 7.37. The molecule has 0 saturated heterocycles. The van der Waals surface area contributed by atoms with E-state index in [2.05, 4.69) is 19.2 Å². The summed E-state index contributed by atoms with van der Waals surface area (Å²) in [7, 11) is 1.92. The molecule has 4 nitrogen and oxygen atoms in total. The average molecular weight is 270 g/mol. The Morgan fingerprint density at radius 2 is 1.95 bits per heavy atom. The highest BCUT2D eigenvalue weighted by molar-refractivity contribution is 6.01. The fourth-order valence-corrected chi connectivity index (χ4v) is 3.07. The number of nitrogens with zero attached hydrogens (tertiary/aromatic N) is 1. The molecule has 3 rings (SSSR count). The van der Waals surface area contributed by atoms with Gasteiger partial charge in [0.25, 0.3) is 5.91 Å². The van der Waals surface area contributed by atoms with Crippen LogP contribution in [0.2, 0.25) is 0 Å². The van der Waals surface area contributed by atoms with E-state index in [4.69, 9.17) is 0 Å². The monoisotopic (exact) mass is 270 g/mol. The first kappa shape index (κ1) is 12.9. The third kappa shape index (κ3) is 1.75. The first-order valence-corrected chi connectivity index (χ1v) is 6.93. The van der Waals surface area contributed by atoms with Crippen LogP contribution in [0.25, 0.3) is 10.9 Å². The van der Waals surface area contributed by atoms with E-state index in [-0.39, 0.29) is 17.4 Å². The van der Waals surface area contributed by atoms with Crippen molar-refractivity contribution in [1.82, 2.24) is 9.88 Å². The topological polar surface area (TPSA) is 51.1 Å².